The number of aromatic nitrogens is 2. The number of nitrogens with zero attached hydrogens (tertiary/aromatic N) is 2. The van der Waals surface area contributed by atoms with Gasteiger partial charge in [-0.2, -0.15) is 5.10 Å². The van der Waals surface area contributed by atoms with Crippen LogP contribution in [-0.2, 0) is 0 Å². The summed E-state index contributed by atoms with van der Waals surface area (Å²) in [6, 6.07) is 2.38. The zero-order valence-electron chi connectivity index (χ0n) is 6.99. The third kappa shape index (κ3) is 1.48. The molecule has 0 N–H and O–H groups in total. The van der Waals surface area contributed by atoms with Crippen LogP contribution in [0, 0.1) is 0 Å². The Labute approximate surface area is 77.5 Å². The molecule has 0 amide bonds. The van der Waals surface area contributed by atoms with Crippen molar-refractivity contribution in [2.24, 2.45) is 0 Å². The Kier molecular flexibility index (Phi) is 2.35. The van der Waals surface area contributed by atoms with E-state index in [0.29, 0.717) is 6.04 Å². The number of hydrogen-bond acceptors (Lipinski definition) is 1. The molecule has 0 bridgehead atoms. The van der Waals surface area contributed by atoms with E-state index in [0.717, 1.165) is 6.42 Å². The van der Waals surface area contributed by atoms with Gasteiger partial charge in [-0.1, -0.05) is 12.8 Å². The largest absolute Gasteiger partial charge is 0.268 e. The first-order chi connectivity index (χ1) is 5.88. The molecule has 3 heteroatoms. The van der Waals surface area contributed by atoms with Gasteiger partial charge in [-0.15, -0.1) is 11.6 Å². The first-order valence-electron chi connectivity index (χ1n) is 4.51. The molecule has 1 heterocycles. The summed E-state index contributed by atoms with van der Waals surface area (Å²) in [6.45, 7) is 0. The van der Waals surface area contributed by atoms with Gasteiger partial charge >= 0.3 is 0 Å². The van der Waals surface area contributed by atoms with Gasteiger partial charge in [0, 0.05) is 12.4 Å². The number of halogens is 1. The molecule has 0 saturated heterocycles. The molecular formula is C9H13ClN2. The van der Waals surface area contributed by atoms with Crippen LogP contribution in [0.3, 0.4) is 0 Å². The maximum Gasteiger partial charge on any atom is 0.0682 e. The Morgan fingerprint density at radius 2 is 2.17 bits per heavy atom. The van der Waals surface area contributed by atoms with Crippen molar-refractivity contribution >= 4 is 11.6 Å². The van der Waals surface area contributed by atoms with Crippen molar-refractivity contribution in [2.45, 2.75) is 37.1 Å². The molecule has 2 atom stereocenters. The SMILES string of the molecule is ClC1CCCCC1n1cccn1. The van der Waals surface area contributed by atoms with E-state index in [2.05, 4.69) is 5.10 Å². The zero-order valence-corrected chi connectivity index (χ0v) is 7.74. The highest BCUT2D eigenvalue weighted by Crippen LogP contribution is 2.31. The van der Waals surface area contributed by atoms with E-state index >= 15 is 0 Å². The number of rotatable bonds is 1. The molecule has 1 saturated carbocycles. The van der Waals surface area contributed by atoms with E-state index in [1.807, 2.05) is 23.1 Å². The van der Waals surface area contributed by atoms with Gasteiger partial charge in [0.15, 0.2) is 0 Å². The maximum absolute atomic E-state index is 6.21. The van der Waals surface area contributed by atoms with Crippen molar-refractivity contribution in [1.29, 1.82) is 0 Å². The van der Waals surface area contributed by atoms with E-state index in [-0.39, 0.29) is 5.38 Å². The Bertz CT molecular complexity index is 233. The maximum atomic E-state index is 6.21. The highest BCUT2D eigenvalue weighted by molar-refractivity contribution is 6.21. The molecule has 0 spiro atoms. The summed E-state index contributed by atoms with van der Waals surface area (Å²) < 4.78 is 2.00. The predicted octanol–water partition coefficient (Wildman–Crippen LogP) is 2.61. The Hall–Kier alpha value is -0.500. The highest BCUT2D eigenvalue weighted by Gasteiger charge is 2.24. The van der Waals surface area contributed by atoms with Crippen LogP contribution in [0.2, 0.25) is 0 Å². The standard InChI is InChI=1S/C9H13ClN2/c10-8-4-1-2-5-9(8)12-7-3-6-11-12/h3,6-9H,1-2,4-5H2. The summed E-state index contributed by atoms with van der Waals surface area (Å²) in [5, 5.41) is 4.50. The van der Waals surface area contributed by atoms with E-state index in [1.54, 1.807) is 0 Å². The van der Waals surface area contributed by atoms with Crippen molar-refractivity contribution < 1.29 is 0 Å². The van der Waals surface area contributed by atoms with E-state index in [4.69, 9.17) is 11.6 Å². The first-order valence-corrected chi connectivity index (χ1v) is 4.95. The zero-order chi connectivity index (χ0) is 8.39. The van der Waals surface area contributed by atoms with Crippen LogP contribution in [0.4, 0.5) is 0 Å². The van der Waals surface area contributed by atoms with Crippen LogP contribution in [-0.4, -0.2) is 15.2 Å². The molecule has 1 fully saturated rings. The molecule has 1 aliphatic rings. The second-order valence-corrected chi connectivity index (χ2v) is 3.91. The van der Waals surface area contributed by atoms with Crippen molar-refractivity contribution in [3.05, 3.63) is 18.5 Å². The van der Waals surface area contributed by atoms with E-state index < -0.39 is 0 Å². The summed E-state index contributed by atoms with van der Waals surface area (Å²) in [7, 11) is 0. The summed E-state index contributed by atoms with van der Waals surface area (Å²) in [6.07, 6.45) is 8.69. The van der Waals surface area contributed by atoms with Gasteiger partial charge in [0.05, 0.1) is 11.4 Å². The summed E-state index contributed by atoms with van der Waals surface area (Å²) in [5.74, 6) is 0. The lowest BCUT2D eigenvalue weighted by atomic mass is 9.95. The number of hydrogen-bond donors (Lipinski definition) is 0. The first kappa shape index (κ1) is 8.11. The monoisotopic (exact) mass is 184 g/mol. The van der Waals surface area contributed by atoms with Crippen LogP contribution in [0.25, 0.3) is 0 Å². The molecule has 0 aromatic carbocycles. The van der Waals surface area contributed by atoms with Gasteiger partial charge in [0.25, 0.3) is 0 Å². The smallest absolute Gasteiger partial charge is 0.0682 e. The molecule has 12 heavy (non-hydrogen) atoms. The normalized spacial score (nSPS) is 30.4. The summed E-state index contributed by atoms with van der Waals surface area (Å²) in [5.41, 5.74) is 0. The topological polar surface area (TPSA) is 17.8 Å². The molecule has 1 aromatic heterocycles. The van der Waals surface area contributed by atoms with Crippen molar-refractivity contribution in [1.82, 2.24) is 9.78 Å². The second kappa shape index (κ2) is 3.48. The highest BCUT2D eigenvalue weighted by atomic mass is 35.5. The second-order valence-electron chi connectivity index (χ2n) is 3.35. The fourth-order valence-electron chi connectivity index (χ4n) is 1.84. The summed E-state index contributed by atoms with van der Waals surface area (Å²) >= 11 is 6.21. The Balaban J connectivity index is 2.11. The molecule has 2 nitrogen and oxygen atoms in total. The molecule has 66 valence electrons. The minimum Gasteiger partial charge on any atom is -0.268 e. The molecule has 1 aliphatic carbocycles. The molecule has 2 rings (SSSR count). The molecule has 2 unspecified atom stereocenters. The van der Waals surface area contributed by atoms with Crippen LogP contribution in [0.1, 0.15) is 31.7 Å². The average molecular weight is 185 g/mol. The minimum absolute atomic E-state index is 0.277. The average Bonchev–Trinajstić information content (AvgIpc) is 2.57. The van der Waals surface area contributed by atoms with Gasteiger partial charge in [0.1, 0.15) is 0 Å². The van der Waals surface area contributed by atoms with Crippen molar-refractivity contribution in [2.75, 3.05) is 0 Å². The lowest BCUT2D eigenvalue weighted by Crippen LogP contribution is -2.23. The minimum atomic E-state index is 0.277. The third-order valence-corrected chi connectivity index (χ3v) is 3.02. The lowest BCUT2D eigenvalue weighted by Gasteiger charge is -2.27. The van der Waals surface area contributed by atoms with Gasteiger partial charge in [-0.25, -0.2) is 0 Å². The molecule has 0 aliphatic heterocycles. The Morgan fingerprint density at radius 3 is 2.83 bits per heavy atom. The fourth-order valence-corrected chi connectivity index (χ4v) is 2.24. The van der Waals surface area contributed by atoms with E-state index in [9.17, 15) is 0 Å². The third-order valence-electron chi connectivity index (χ3n) is 2.51. The predicted molar refractivity (Wildman–Crippen MR) is 49.4 cm³/mol. The van der Waals surface area contributed by atoms with Gasteiger partial charge in [-0.05, 0) is 18.9 Å². The molecule has 1 aromatic rings. The van der Waals surface area contributed by atoms with Gasteiger partial charge < -0.3 is 0 Å². The van der Waals surface area contributed by atoms with Gasteiger partial charge in [-0.3, -0.25) is 4.68 Å². The number of alkyl halides is 1. The van der Waals surface area contributed by atoms with Crippen LogP contribution < -0.4 is 0 Å². The van der Waals surface area contributed by atoms with Crippen molar-refractivity contribution in [3.8, 4) is 0 Å². The molecule has 0 radical (unpaired) electrons. The molecular weight excluding hydrogens is 172 g/mol. The quantitative estimate of drug-likeness (QED) is 0.614. The van der Waals surface area contributed by atoms with Crippen molar-refractivity contribution in [3.63, 3.8) is 0 Å². The lowest BCUT2D eigenvalue weighted by molar-refractivity contribution is 0.336. The van der Waals surface area contributed by atoms with E-state index in [1.165, 1.54) is 19.3 Å². The van der Waals surface area contributed by atoms with Gasteiger partial charge in [0.2, 0.25) is 0 Å². The Morgan fingerprint density at radius 1 is 1.33 bits per heavy atom. The fraction of sp³-hybridized carbons (Fsp3) is 0.667. The van der Waals surface area contributed by atoms with Crippen LogP contribution in [0.15, 0.2) is 18.5 Å². The summed E-state index contributed by atoms with van der Waals surface area (Å²) in [4.78, 5) is 0. The van der Waals surface area contributed by atoms with Crippen LogP contribution >= 0.6 is 11.6 Å². The van der Waals surface area contributed by atoms with Crippen LogP contribution in [0.5, 0.6) is 0 Å².